The molecule has 5 heteroatoms. The summed E-state index contributed by atoms with van der Waals surface area (Å²) in [6.45, 7) is 2.45. The molecule has 1 N–H and O–H groups in total. The zero-order valence-corrected chi connectivity index (χ0v) is 14.5. The third kappa shape index (κ3) is 5.89. The molecule has 1 atom stereocenters. The van der Waals surface area contributed by atoms with Crippen LogP contribution in [0.5, 0.6) is 5.75 Å². The zero-order valence-electron chi connectivity index (χ0n) is 13.7. The Morgan fingerprint density at radius 1 is 1.17 bits per heavy atom. The molecule has 2 aromatic carbocycles. The average Bonchev–Trinajstić information content (AvgIpc) is 2.61. The number of rotatable bonds is 9. The number of hydrogen-bond acceptors (Lipinski definition) is 3. The van der Waals surface area contributed by atoms with Gasteiger partial charge in [0.1, 0.15) is 11.6 Å². The van der Waals surface area contributed by atoms with Crippen LogP contribution in [0, 0.1) is 5.82 Å². The molecule has 2 rings (SSSR count). The van der Waals surface area contributed by atoms with E-state index in [2.05, 4.69) is 5.32 Å². The number of carbonyl (C=O) groups is 1. The summed E-state index contributed by atoms with van der Waals surface area (Å²) in [5, 5.41) is 2.88. The minimum atomic E-state index is -0.496. The maximum Gasteiger partial charge on any atom is 0.261 e. The highest BCUT2D eigenvalue weighted by Crippen LogP contribution is 2.15. The van der Waals surface area contributed by atoms with Crippen LogP contribution in [-0.4, -0.2) is 24.3 Å². The van der Waals surface area contributed by atoms with Crippen LogP contribution in [0.15, 0.2) is 54.6 Å². The van der Waals surface area contributed by atoms with Crippen molar-refractivity contribution in [1.82, 2.24) is 5.32 Å². The summed E-state index contributed by atoms with van der Waals surface area (Å²) < 4.78 is 19.2. The molecule has 0 saturated heterocycles. The molecule has 0 saturated carbocycles. The number of nitrogens with one attached hydrogen (secondary N) is 1. The quantitative estimate of drug-likeness (QED) is 0.696. The second-order valence-electron chi connectivity index (χ2n) is 5.26. The van der Waals surface area contributed by atoms with Crippen LogP contribution in [0.3, 0.4) is 0 Å². The lowest BCUT2D eigenvalue weighted by Crippen LogP contribution is -2.39. The molecular formula is C19H22FNO2S. The van der Waals surface area contributed by atoms with Gasteiger partial charge in [-0.2, -0.15) is 11.8 Å². The summed E-state index contributed by atoms with van der Waals surface area (Å²) in [6, 6.07) is 16.1. The van der Waals surface area contributed by atoms with E-state index in [1.165, 1.54) is 6.07 Å². The maximum absolute atomic E-state index is 13.5. The monoisotopic (exact) mass is 347 g/mol. The summed E-state index contributed by atoms with van der Waals surface area (Å²) in [5.74, 6) is 1.71. The normalized spacial score (nSPS) is 11.8. The smallest absolute Gasteiger partial charge is 0.261 e. The number of hydrogen-bond donors (Lipinski definition) is 1. The molecule has 0 heterocycles. The molecule has 24 heavy (non-hydrogen) atoms. The Labute approximate surface area is 146 Å². The van der Waals surface area contributed by atoms with Gasteiger partial charge in [-0.1, -0.05) is 43.3 Å². The van der Waals surface area contributed by atoms with Crippen molar-refractivity contribution >= 4 is 17.7 Å². The molecular weight excluding hydrogens is 325 g/mol. The van der Waals surface area contributed by atoms with Crippen molar-refractivity contribution in [3.05, 3.63) is 66.0 Å². The fourth-order valence-electron chi connectivity index (χ4n) is 2.14. The fourth-order valence-corrected chi connectivity index (χ4v) is 2.99. The van der Waals surface area contributed by atoms with Gasteiger partial charge in [-0.25, -0.2) is 4.39 Å². The lowest BCUT2D eigenvalue weighted by atomic mass is 10.2. The largest absolute Gasteiger partial charge is 0.481 e. The average molecular weight is 347 g/mol. The van der Waals surface area contributed by atoms with Crippen molar-refractivity contribution in [1.29, 1.82) is 0 Å². The van der Waals surface area contributed by atoms with Gasteiger partial charge in [-0.15, -0.1) is 0 Å². The SMILES string of the molecule is CC[C@H](Oc1ccccc1)C(=O)NCCSCc1ccccc1F. The second-order valence-corrected chi connectivity index (χ2v) is 6.37. The minimum Gasteiger partial charge on any atom is -0.481 e. The van der Waals surface area contributed by atoms with E-state index in [0.717, 1.165) is 5.75 Å². The molecule has 0 aliphatic carbocycles. The van der Waals surface area contributed by atoms with Crippen LogP contribution in [0.2, 0.25) is 0 Å². The Morgan fingerprint density at radius 2 is 1.88 bits per heavy atom. The van der Waals surface area contributed by atoms with Crippen LogP contribution in [0.1, 0.15) is 18.9 Å². The van der Waals surface area contributed by atoms with Gasteiger partial charge in [0.05, 0.1) is 0 Å². The third-order valence-corrected chi connectivity index (χ3v) is 4.45. The van der Waals surface area contributed by atoms with E-state index in [4.69, 9.17) is 4.74 Å². The molecule has 2 aromatic rings. The van der Waals surface area contributed by atoms with Crippen LogP contribution in [0.4, 0.5) is 4.39 Å². The van der Waals surface area contributed by atoms with Crippen molar-refractivity contribution < 1.29 is 13.9 Å². The summed E-state index contributed by atoms with van der Waals surface area (Å²) in [5.41, 5.74) is 0.688. The van der Waals surface area contributed by atoms with Gasteiger partial charge in [0, 0.05) is 18.1 Å². The number of halogens is 1. The molecule has 1 amide bonds. The summed E-state index contributed by atoms with van der Waals surface area (Å²) in [7, 11) is 0. The lowest BCUT2D eigenvalue weighted by molar-refractivity contribution is -0.127. The van der Waals surface area contributed by atoms with Gasteiger partial charge >= 0.3 is 0 Å². The Hall–Kier alpha value is -2.01. The first kappa shape index (κ1) is 18.3. The van der Waals surface area contributed by atoms with Crippen molar-refractivity contribution in [2.24, 2.45) is 0 Å². The predicted molar refractivity (Wildman–Crippen MR) is 96.7 cm³/mol. The van der Waals surface area contributed by atoms with Gasteiger partial charge in [-0.05, 0) is 30.2 Å². The molecule has 0 spiro atoms. The highest BCUT2D eigenvalue weighted by Gasteiger charge is 2.17. The van der Waals surface area contributed by atoms with Crippen molar-refractivity contribution in [2.45, 2.75) is 25.2 Å². The Morgan fingerprint density at radius 3 is 2.58 bits per heavy atom. The van der Waals surface area contributed by atoms with Crippen molar-refractivity contribution in [3.8, 4) is 5.75 Å². The van der Waals surface area contributed by atoms with Gasteiger partial charge in [0.25, 0.3) is 5.91 Å². The number of amides is 1. The van der Waals surface area contributed by atoms with Crippen LogP contribution in [0.25, 0.3) is 0 Å². The Kier molecular flexibility index (Phi) is 7.62. The first-order valence-electron chi connectivity index (χ1n) is 8.01. The fraction of sp³-hybridized carbons (Fsp3) is 0.316. The summed E-state index contributed by atoms with van der Waals surface area (Å²) in [4.78, 5) is 12.2. The number of thioether (sulfide) groups is 1. The molecule has 0 aromatic heterocycles. The summed E-state index contributed by atoms with van der Waals surface area (Å²) in [6.07, 6.45) is 0.104. The van der Waals surface area contributed by atoms with Gasteiger partial charge in [-0.3, -0.25) is 4.79 Å². The molecule has 0 fully saturated rings. The molecule has 0 radical (unpaired) electrons. The van der Waals surface area contributed by atoms with E-state index in [9.17, 15) is 9.18 Å². The number of para-hydroxylation sites is 1. The maximum atomic E-state index is 13.5. The van der Waals surface area contributed by atoms with Crippen LogP contribution >= 0.6 is 11.8 Å². The number of ether oxygens (including phenoxy) is 1. The van der Waals surface area contributed by atoms with E-state index in [0.29, 0.717) is 30.0 Å². The first-order valence-corrected chi connectivity index (χ1v) is 9.16. The zero-order chi connectivity index (χ0) is 17.2. The van der Waals surface area contributed by atoms with Gasteiger partial charge in [0.2, 0.25) is 0 Å². The van der Waals surface area contributed by atoms with Crippen LogP contribution in [-0.2, 0) is 10.5 Å². The lowest BCUT2D eigenvalue weighted by Gasteiger charge is -2.17. The Balaban J connectivity index is 1.69. The molecule has 0 aliphatic rings. The predicted octanol–water partition coefficient (Wildman–Crippen LogP) is 4.03. The van der Waals surface area contributed by atoms with E-state index in [-0.39, 0.29) is 11.7 Å². The number of carbonyl (C=O) groups excluding carboxylic acids is 1. The standard InChI is InChI=1S/C19H22FNO2S/c1-2-18(23-16-9-4-3-5-10-16)19(22)21-12-13-24-14-15-8-6-7-11-17(15)20/h3-11,18H,2,12-14H2,1H3,(H,21,22)/t18-/m0/s1. The first-order chi connectivity index (χ1) is 11.7. The molecule has 0 bridgehead atoms. The highest BCUT2D eigenvalue weighted by atomic mass is 32.2. The van der Waals surface area contributed by atoms with Gasteiger partial charge < -0.3 is 10.1 Å². The molecule has 3 nitrogen and oxygen atoms in total. The Bertz CT molecular complexity index is 636. The highest BCUT2D eigenvalue weighted by molar-refractivity contribution is 7.98. The minimum absolute atomic E-state index is 0.118. The van der Waals surface area contributed by atoms with E-state index < -0.39 is 6.10 Å². The van der Waals surface area contributed by atoms with Crippen molar-refractivity contribution in [3.63, 3.8) is 0 Å². The molecule has 0 aliphatic heterocycles. The second kappa shape index (κ2) is 9.98. The van der Waals surface area contributed by atoms with E-state index >= 15 is 0 Å². The van der Waals surface area contributed by atoms with Crippen LogP contribution < -0.4 is 10.1 Å². The van der Waals surface area contributed by atoms with E-state index in [1.807, 2.05) is 43.3 Å². The molecule has 0 unspecified atom stereocenters. The van der Waals surface area contributed by atoms with E-state index in [1.54, 1.807) is 23.9 Å². The topological polar surface area (TPSA) is 38.3 Å². The van der Waals surface area contributed by atoms with Crippen molar-refractivity contribution in [2.75, 3.05) is 12.3 Å². The molecule has 128 valence electrons. The van der Waals surface area contributed by atoms with Gasteiger partial charge in [0.15, 0.2) is 6.10 Å². The third-order valence-electron chi connectivity index (χ3n) is 3.45. The number of benzene rings is 2. The summed E-state index contributed by atoms with van der Waals surface area (Å²) >= 11 is 1.59.